The lowest BCUT2D eigenvalue weighted by molar-refractivity contribution is -0.140. The minimum Gasteiger partial charge on any atom is -0.354 e. The van der Waals surface area contributed by atoms with Crippen molar-refractivity contribution in [2.24, 2.45) is 5.92 Å². The minimum atomic E-state index is -3.82. The van der Waals surface area contributed by atoms with Crippen molar-refractivity contribution in [2.75, 3.05) is 23.7 Å². The molecule has 0 aliphatic carbocycles. The number of hydrogen-bond donors (Lipinski definition) is 1. The molecule has 0 bridgehead atoms. The van der Waals surface area contributed by atoms with Crippen molar-refractivity contribution in [3.63, 3.8) is 0 Å². The number of carbonyl (C=O) groups is 2. The fourth-order valence-electron chi connectivity index (χ4n) is 3.60. The van der Waals surface area contributed by atoms with Crippen molar-refractivity contribution in [2.45, 2.75) is 46.7 Å². The predicted octanol–water partition coefficient (Wildman–Crippen LogP) is 3.99. The summed E-state index contributed by atoms with van der Waals surface area (Å²) in [5, 5.41) is 3.12. The van der Waals surface area contributed by atoms with Crippen LogP contribution in [0.15, 0.2) is 48.5 Å². The molecule has 0 aliphatic rings. The second-order valence-corrected chi connectivity index (χ2v) is 11.1. The number of para-hydroxylation sites is 1. The summed E-state index contributed by atoms with van der Waals surface area (Å²) >= 11 is 6.25. The molecule has 0 saturated carbocycles. The van der Waals surface area contributed by atoms with E-state index in [2.05, 4.69) is 5.32 Å². The molecule has 34 heavy (non-hydrogen) atoms. The van der Waals surface area contributed by atoms with Crippen LogP contribution in [0, 0.1) is 12.8 Å². The van der Waals surface area contributed by atoms with Gasteiger partial charge >= 0.3 is 0 Å². The molecular formula is C25H34ClN3O4S. The Morgan fingerprint density at radius 2 is 1.76 bits per heavy atom. The minimum absolute atomic E-state index is 0.175. The first-order chi connectivity index (χ1) is 15.9. The van der Waals surface area contributed by atoms with Crippen LogP contribution in [0.4, 0.5) is 5.69 Å². The molecule has 0 aliphatic heterocycles. The summed E-state index contributed by atoms with van der Waals surface area (Å²) in [5.74, 6) is -0.498. The molecule has 2 amide bonds. The third kappa shape index (κ3) is 7.74. The Bertz CT molecular complexity index is 1100. The van der Waals surface area contributed by atoms with Gasteiger partial charge in [-0.3, -0.25) is 13.9 Å². The fraction of sp³-hybridized carbons (Fsp3) is 0.440. The molecule has 0 fully saturated rings. The van der Waals surface area contributed by atoms with E-state index in [1.807, 2.05) is 52.0 Å². The normalized spacial score (nSPS) is 12.3. The number of nitrogens with one attached hydrogen (secondary N) is 1. The standard InChI is InChI=1S/C25H34ClN3O4S/c1-6-22(25(31)27-15-18(2)3)28(16-20-11-9-10-19(4)14-20)24(30)17-29(34(5,32)33)23-13-8-7-12-21(23)26/h7-14,18,22H,6,15-17H2,1-5H3,(H,27,31)/t22-/m0/s1. The van der Waals surface area contributed by atoms with Crippen LogP contribution in [0.25, 0.3) is 0 Å². The van der Waals surface area contributed by atoms with Crippen molar-refractivity contribution < 1.29 is 18.0 Å². The Balaban J connectivity index is 2.43. The number of sulfonamides is 1. The third-order valence-electron chi connectivity index (χ3n) is 5.31. The average Bonchev–Trinajstić information content (AvgIpc) is 2.75. The lowest BCUT2D eigenvalue weighted by Crippen LogP contribution is -2.52. The average molecular weight is 508 g/mol. The first-order valence-electron chi connectivity index (χ1n) is 11.3. The number of anilines is 1. The molecule has 0 heterocycles. The van der Waals surface area contributed by atoms with E-state index in [1.165, 1.54) is 4.90 Å². The SMILES string of the molecule is CC[C@@H](C(=O)NCC(C)C)N(Cc1cccc(C)c1)C(=O)CN(c1ccccc1Cl)S(C)(=O)=O. The van der Waals surface area contributed by atoms with Gasteiger partial charge in [-0.05, 0) is 37.0 Å². The van der Waals surface area contributed by atoms with Gasteiger partial charge in [-0.1, -0.05) is 74.3 Å². The maximum Gasteiger partial charge on any atom is 0.244 e. The topological polar surface area (TPSA) is 86.8 Å². The molecule has 2 aromatic rings. The van der Waals surface area contributed by atoms with Crippen molar-refractivity contribution in [3.05, 3.63) is 64.7 Å². The van der Waals surface area contributed by atoms with E-state index in [1.54, 1.807) is 24.3 Å². The number of nitrogens with zero attached hydrogens (tertiary/aromatic N) is 2. The molecule has 0 saturated heterocycles. The summed E-state index contributed by atoms with van der Waals surface area (Å²) in [5.41, 5.74) is 2.09. The van der Waals surface area contributed by atoms with Gasteiger partial charge in [0.25, 0.3) is 0 Å². The van der Waals surface area contributed by atoms with Crippen molar-refractivity contribution >= 4 is 39.1 Å². The molecule has 186 valence electrons. The summed E-state index contributed by atoms with van der Waals surface area (Å²) in [6.45, 7) is 7.95. The fourth-order valence-corrected chi connectivity index (χ4v) is 4.75. The van der Waals surface area contributed by atoms with Gasteiger partial charge in [0.05, 0.1) is 17.0 Å². The van der Waals surface area contributed by atoms with Gasteiger partial charge in [-0.2, -0.15) is 0 Å². The summed E-state index contributed by atoms with van der Waals surface area (Å²) < 4.78 is 26.2. The quantitative estimate of drug-likeness (QED) is 0.498. The molecular weight excluding hydrogens is 474 g/mol. The van der Waals surface area contributed by atoms with Crippen LogP contribution in [-0.4, -0.2) is 50.5 Å². The van der Waals surface area contributed by atoms with Crippen LogP contribution < -0.4 is 9.62 Å². The van der Waals surface area contributed by atoms with E-state index in [9.17, 15) is 18.0 Å². The van der Waals surface area contributed by atoms with E-state index in [-0.39, 0.29) is 29.1 Å². The van der Waals surface area contributed by atoms with Crippen LogP contribution in [0.2, 0.25) is 5.02 Å². The van der Waals surface area contributed by atoms with Crippen LogP contribution in [0.3, 0.4) is 0 Å². The molecule has 1 N–H and O–H groups in total. The van der Waals surface area contributed by atoms with E-state index in [4.69, 9.17) is 11.6 Å². The van der Waals surface area contributed by atoms with Gasteiger partial charge in [0, 0.05) is 13.1 Å². The second-order valence-electron chi connectivity index (χ2n) is 8.79. The molecule has 0 radical (unpaired) electrons. The predicted molar refractivity (Wildman–Crippen MR) is 137 cm³/mol. The van der Waals surface area contributed by atoms with Gasteiger partial charge in [0.1, 0.15) is 12.6 Å². The zero-order chi connectivity index (χ0) is 25.5. The van der Waals surface area contributed by atoms with E-state index in [0.29, 0.717) is 13.0 Å². The smallest absolute Gasteiger partial charge is 0.244 e. The monoisotopic (exact) mass is 507 g/mol. The van der Waals surface area contributed by atoms with Crippen LogP contribution in [0.5, 0.6) is 0 Å². The number of benzene rings is 2. The molecule has 7 nitrogen and oxygen atoms in total. The summed E-state index contributed by atoms with van der Waals surface area (Å²) in [7, 11) is -3.82. The van der Waals surface area contributed by atoms with Crippen LogP contribution >= 0.6 is 11.6 Å². The summed E-state index contributed by atoms with van der Waals surface area (Å²) in [6, 6.07) is 13.4. The molecule has 0 aromatic heterocycles. The maximum absolute atomic E-state index is 13.6. The van der Waals surface area contributed by atoms with E-state index < -0.39 is 28.5 Å². The molecule has 0 spiro atoms. The van der Waals surface area contributed by atoms with Crippen molar-refractivity contribution in [1.82, 2.24) is 10.2 Å². The second kappa shape index (κ2) is 12.2. The van der Waals surface area contributed by atoms with Gasteiger partial charge in [0.2, 0.25) is 21.8 Å². The highest BCUT2D eigenvalue weighted by atomic mass is 35.5. The largest absolute Gasteiger partial charge is 0.354 e. The molecule has 1 atom stereocenters. The Morgan fingerprint density at radius 1 is 1.09 bits per heavy atom. The van der Waals surface area contributed by atoms with Gasteiger partial charge in [0.15, 0.2) is 0 Å². The Hall–Kier alpha value is -2.58. The highest BCUT2D eigenvalue weighted by molar-refractivity contribution is 7.92. The lowest BCUT2D eigenvalue weighted by atomic mass is 10.1. The van der Waals surface area contributed by atoms with Crippen molar-refractivity contribution in [1.29, 1.82) is 0 Å². The summed E-state index contributed by atoms with van der Waals surface area (Å²) in [6.07, 6.45) is 1.41. The number of halogens is 1. The van der Waals surface area contributed by atoms with Crippen LogP contribution in [-0.2, 0) is 26.2 Å². The Kier molecular flexibility index (Phi) is 9.94. The highest BCUT2D eigenvalue weighted by Gasteiger charge is 2.32. The first kappa shape index (κ1) is 27.7. The zero-order valence-corrected chi connectivity index (χ0v) is 22.0. The highest BCUT2D eigenvalue weighted by Crippen LogP contribution is 2.27. The number of hydrogen-bond acceptors (Lipinski definition) is 4. The molecule has 2 rings (SSSR count). The lowest BCUT2D eigenvalue weighted by Gasteiger charge is -2.33. The van der Waals surface area contributed by atoms with Crippen LogP contribution in [0.1, 0.15) is 38.3 Å². The van der Waals surface area contributed by atoms with Gasteiger partial charge in [-0.15, -0.1) is 0 Å². The first-order valence-corrected chi connectivity index (χ1v) is 13.5. The van der Waals surface area contributed by atoms with E-state index in [0.717, 1.165) is 21.7 Å². The Labute approximate surface area is 208 Å². The number of aryl methyl sites for hydroxylation is 1. The third-order valence-corrected chi connectivity index (χ3v) is 6.75. The summed E-state index contributed by atoms with van der Waals surface area (Å²) in [4.78, 5) is 28.1. The zero-order valence-electron chi connectivity index (χ0n) is 20.4. The van der Waals surface area contributed by atoms with Gasteiger partial charge < -0.3 is 10.2 Å². The number of amides is 2. The molecule has 2 aromatic carbocycles. The molecule has 9 heteroatoms. The van der Waals surface area contributed by atoms with E-state index >= 15 is 0 Å². The van der Waals surface area contributed by atoms with Gasteiger partial charge in [-0.25, -0.2) is 8.42 Å². The maximum atomic E-state index is 13.6. The Morgan fingerprint density at radius 3 is 2.32 bits per heavy atom. The number of rotatable bonds is 11. The number of carbonyl (C=O) groups excluding carboxylic acids is 2. The van der Waals surface area contributed by atoms with Crippen molar-refractivity contribution in [3.8, 4) is 0 Å². The molecule has 0 unspecified atom stereocenters.